The van der Waals surface area contributed by atoms with Crippen molar-refractivity contribution in [3.8, 4) is 11.8 Å². The molecule has 0 spiro atoms. The molecule has 20 heavy (non-hydrogen) atoms. The summed E-state index contributed by atoms with van der Waals surface area (Å²) in [6.07, 6.45) is 0.826. The fraction of sp³-hybridized carbons (Fsp3) is 0.125. The van der Waals surface area contributed by atoms with Crippen molar-refractivity contribution in [2.75, 3.05) is 0 Å². The second kappa shape index (κ2) is 6.48. The summed E-state index contributed by atoms with van der Waals surface area (Å²) in [4.78, 5) is 15.2. The Hall–Kier alpha value is -2.67. The summed E-state index contributed by atoms with van der Waals surface area (Å²) in [5.74, 6) is 4.76. The average Bonchev–Trinajstić information content (AvgIpc) is 2.44. The van der Waals surface area contributed by atoms with E-state index in [1.807, 2.05) is 0 Å². The standard InChI is InChI=1S/C16H12FNO2/c1-12(19)20-16(15-7-2-3-10-18-15)9-8-13-5-4-6-14(17)11-13/h2-7,10-11,16H,1H3. The summed E-state index contributed by atoms with van der Waals surface area (Å²) < 4.78 is 18.2. The van der Waals surface area contributed by atoms with Gasteiger partial charge >= 0.3 is 5.97 Å². The highest BCUT2D eigenvalue weighted by molar-refractivity contribution is 5.66. The monoisotopic (exact) mass is 269 g/mol. The van der Waals surface area contributed by atoms with Gasteiger partial charge in [-0.25, -0.2) is 4.39 Å². The average molecular weight is 269 g/mol. The number of ether oxygens (including phenoxy) is 1. The highest BCUT2D eigenvalue weighted by Gasteiger charge is 2.12. The molecule has 0 N–H and O–H groups in total. The van der Waals surface area contributed by atoms with Crippen LogP contribution in [0.25, 0.3) is 0 Å². The Morgan fingerprint density at radius 1 is 1.30 bits per heavy atom. The molecular formula is C16H12FNO2. The van der Waals surface area contributed by atoms with Crippen LogP contribution in [0.5, 0.6) is 0 Å². The van der Waals surface area contributed by atoms with E-state index in [1.165, 1.54) is 19.1 Å². The molecule has 2 rings (SSSR count). The zero-order valence-electron chi connectivity index (χ0n) is 10.8. The number of carbonyl (C=O) groups is 1. The van der Waals surface area contributed by atoms with Crippen molar-refractivity contribution in [1.82, 2.24) is 4.98 Å². The van der Waals surface area contributed by atoms with Gasteiger partial charge in [-0.2, -0.15) is 0 Å². The Morgan fingerprint density at radius 3 is 2.80 bits per heavy atom. The second-order valence-electron chi connectivity index (χ2n) is 4.02. The lowest BCUT2D eigenvalue weighted by Crippen LogP contribution is -2.08. The fourth-order valence-electron chi connectivity index (χ4n) is 1.58. The first-order chi connectivity index (χ1) is 9.65. The number of hydrogen-bond donors (Lipinski definition) is 0. The predicted octanol–water partition coefficient (Wildman–Crippen LogP) is 2.88. The summed E-state index contributed by atoms with van der Waals surface area (Å²) >= 11 is 0. The van der Waals surface area contributed by atoms with E-state index in [0.717, 1.165) is 0 Å². The van der Waals surface area contributed by atoms with Crippen LogP contribution in [0, 0.1) is 17.7 Å². The molecule has 1 atom stereocenters. The molecule has 0 aliphatic heterocycles. The topological polar surface area (TPSA) is 39.2 Å². The quantitative estimate of drug-likeness (QED) is 0.621. The molecular weight excluding hydrogens is 257 g/mol. The highest BCUT2D eigenvalue weighted by atomic mass is 19.1. The van der Waals surface area contributed by atoms with E-state index < -0.39 is 12.1 Å². The maximum absolute atomic E-state index is 13.1. The van der Waals surface area contributed by atoms with Crippen molar-refractivity contribution in [2.24, 2.45) is 0 Å². The number of aromatic nitrogens is 1. The molecule has 0 saturated carbocycles. The van der Waals surface area contributed by atoms with Crippen molar-refractivity contribution in [1.29, 1.82) is 0 Å². The summed E-state index contributed by atoms with van der Waals surface area (Å²) in [7, 11) is 0. The number of halogens is 1. The van der Waals surface area contributed by atoms with Gasteiger partial charge in [0.15, 0.2) is 0 Å². The highest BCUT2D eigenvalue weighted by Crippen LogP contribution is 2.14. The molecule has 4 heteroatoms. The van der Waals surface area contributed by atoms with Crippen LogP contribution in [0.2, 0.25) is 0 Å². The van der Waals surface area contributed by atoms with Crippen molar-refractivity contribution < 1.29 is 13.9 Å². The smallest absolute Gasteiger partial charge is 0.304 e. The van der Waals surface area contributed by atoms with Crippen molar-refractivity contribution >= 4 is 5.97 Å². The Labute approximate surface area is 116 Å². The van der Waals surface area contributed by atoms with Crippen LogP contribution in [-0.4, -0.2) is 11.0 Å². The van der Waals surface area contributed by atoms with Gasteiger partial charge in [-0.05, 0) is 36.3 Å². The largest absolute Gasteiger partial charge is 0.443 e. The lowest BCUT2D eigenvalue weighted by atomic mass is 10.2. The van der Waals surface area contributed by atoms with Crippen LogP contribution in [0.15, 0.2) is 48.7 Å². The van der Waals surface area contributed by atoms with Gasteiger partial charge in [0, 0.05) is 18.7 Å². The van der Waals surface area contributed by atoms with Crippen LogP contribution < -0.4 is 0 Å². The zero-order chi connectivity index (χ0) is 14.4. The van der Waals surface area contributed by atoms with E-state index in [-0.39, 0.29) is 5.82 Å². The van der Waals surface area contributed by atoms with Gasteiger partial charge < -0.3 is 4.74 Å². The van der Waals surface area contributed by atoms with E-state index >= 15 is 0 Å². The molecule has 3 nitrogen and oxygen atoms in total. The molecule has 1 unspecified atom stereocenters. The number of rotatable bonds is 2. The lowest BCUT2D eigenvalue weighted by Gasteiger charge is -2.09. The van der Waals surface area contributed by atoms with Crippen molar-refractivity contribution in [3.63, 3.8) is 0 Å². The third-order valence-corrected chi connectivity index (χ3v) is 2.41. The molecule has 0 saturated heterocycles. The molecule has 1 heterocycles. The number of hydrogen-bond acceptors (Lipinski definition) is 3. The lowest BCUT2D eigenvalue weighted by molar-refractivity contribution is -0.144. The van der Waals surface area contributed by atoms with Crippen LogP contribution in [0.3, 0.4) is 0 Å². The first kappa shape index (κ1) is 13.8. The molecule has 2 aromatic rings. The summed E-state index contributed by atoms with van der Waals surface area (Å²) in [6, 6.07) is 11.2. The zero-order valence-corrected chi connectivity index (χ0v) is 10.8. The van der Waals surface area contributed by atoms with E-state index in [0.29, 0.717) is 11.3 Å². The first-order valence-electron chi connectivity index (χ1n) is 6.00. The molecule has 100 valence electrons. The maximum atomic E-state index is 13.1. The van der Waals surface area contributed by atoms with E-state index in [1.54, 1.807) is 36.5 Å². The van der Waals surface area contributed by atoms with Crippen LogP contribution in [0.1, 0.15) is 24.3 Å². The van der Waals surface area contributed by atoms with Gasteiger partial charge in [-0.3, -0.25) is 9.78 Å². The van der Waals surface area contributed by atoms with Gasteiger partial charge in [0.1, 0.15) is 5.82 Å². The van der Waals surface area contributed by atoms with Gasteiger partial charge in [0.25, 0.3) is 0 Å². The van der Waals surface area contributed by atoms with Crippen LogP contribution in [0.4, 0.5) is 4.39 Å². The Bertz CT molecular complexity index is 659. The second-order valence-corrected chi connectivity index (χ2v) is 4.02. The van der Waals surface area contributed by atoms with Crippen molar-refractivity contribution in [3.05, 3.63) is 65.7 Å². The Morgan fingerprint density at radius 2 is 2.15 bits per heavy atom. The third kappa shape index (κ3) is 3.92. The minimum absolute atomic E-state index is 0.362. The Kier molecular flexibility index (Phi) is 4.46. The van der Waals surface area contributed by atoms with Crippen molar-refractivity contribution in [2.45, 2.75) is 13.0 Å². The predicted molar refractivity (Wildman–Crippen MR) is 72.0 cm³/mol. The third-order valence-electron chi connectivity index (χ3n) is 2.41. The number of carbonyl (C=O) groups excluding carboxylic acids is 1. The van der Waals surface area contributed by atoms with E-state index in [9.17, 15) is 9.18 Å². The Balaban J connectivity index is 2.27. The summed E-state index contributed by atoms with van der Waals surface area (Å²) in [5.41, 5.74) is 1.05. The minimum Gasteiger partial charge on any atom is -0.443 e. The number of pyridine rings is 1. The summed E-state index contributed by atoms with van der Waals surface area (Å²) in [6.45, 7) is 1.31. The number of nitrogens with zero attached hydrogens (tertiary/aromatic N) is 1. The van der Waals surface area contributed by atoms with Gasteiger partial charge in [0.2, 0.25) is 6.10 Å². The number of benzene rings is 1. The molecule has 1 aromatic heterocycles. The molecule has 0 radical (unpaired) electrons. The SMILES string of the molecule is CC(=O)OC(C#Cc1cccc(F)c1)c1ccccn1. The van der Waals surface area contributed by atoms with E-state index in [2.05, 4.69) is 16.8 Å². The molecule has 0 fully saturated rings. The fourth-order valence-corrected chi connectivity index (χ4v) is 1.58. The normalized spacial score (nSPS) is 11.1. The molecule has 0 aliphatic rings. The molecule has 1 aromatic carbocycles. The van der Waals surface area contributed by atoms with Gasteiger partial charge in [0.05, 0.1) is 5.69 Å². The maximum Gasteiger partial charge on any atom is 0.304 e. The molecule has 0 bridgehead atoms. The molecule has 0 amide bonds. The summed E-state index contributed by atoms with van der Waals surface area (Å²) in [5, 5.41) is 0. The van der Waals surface area contributed by atoms with E-state index in [4.69, 9.17) is 4.74 Å². The van der Waals surface area contributed by atoms with Crippen LogP contribution in [-0.2, 0) is 9.53 Å². The number of esters is 1. The van der Waals surface area contributed by atoms with Gasteiger partial charge in [-0.15, -0.1) is 0 Å². The minimum atomic E-state index is -0.767. The van der Waals surface area contributed by atoms with Crippen LogP contribution >= 0.6 is 0 Å². The first-order valence-corrected chi connectivity index (χ1v) is 6.00. The molecule has 0 aliphatic carbocycles. The van der Waals surface area contributed by atoms with Gasteiger partial charge in [-0.1, -0.05) is 18.1 Å².